The molecule has 0 heterocycles. The predicted octanol–water partition coefficient (Wildman–Crippen LogP) is 1.75. The Balaban J connectivity index is 3.02. The highest BCUT2D eigenvalue weighted by atomic mass is 28.5. The topological polar surface area (TPSA) is 9.23 Å². The number of rotatable bonds is 2. The monoisotopic (exact) mass is 192 g/mol. The minimum Gasteiger partial charge on any atom is -0.497 e. The molecule has 0 saturated carbocycles. The molecule has 0 saturated heterocycles. The fraction of sp³-hybridized carbons (Fsp3) is 0.143. The molecule has 0 fully saturated rings. The smallest absolute Gasteiger partial charge is 0.497 e. The number of ether oxygens (including phenoxy) is 1. The molecular weight excluding hydrogens is 185 g/mol. The van der Waals surface area contributed by atoms with Crippen LogP contribution in [0.3, 0.4) is 0 Å². The maximum absolute atomic E-state index is 12.2. The summed E-state index contributed by atoms with van der Waals surface area (Å²) in [6, 6.07) is 4.92. The van der Waals surface area contributed by atoms with E-state index in [1.807, 2.05) is 0 Å². The highest BCUT2D eigenvalue weighted by Gasteiger charge is 2.39. The first-order valence-electron chi connectivity index (χ1n) is 3.25. The number of hydrogen-bond donors (Lipinski definition) is 0. The largest absolute Gasteiger partial charge is 0.653 e. The second kappa shape index (κ2) is 3.18. The second-order valence-electron chi connectivity index (χ2n) is 2.23. The van der Waals surface area contributed by atoms with E-state index in [1.165, 1.54) is 19.2 Å². The summed E-state index contributed by atoms with van der Waals surface area (Å²) in [4.78, 5) is 0. The van der Waals surface area contributed by atoms with E-state index >= 15 is 0 Å². The molecule has 0 atom stereocenters. The van der Waals surface area contributed by atoms with Crippen LogP contribution in [-0.2, 0) is 0 Å². The van der Waals surface area contributed by atoms with Crippen molar-refractivity contribution in [1.29, 1.82) is 0 Å². The van der Waals surface area contributed by atoms with E-state index in [-0.39, 0.29) is 5.75 Å². The van der Waals surface area contributed by atoms with Crippen LogP contribution in [-0.4, -0.2) is 16.2 Å². The molecule has 1 aromatic carbocycles. The third-order valence-corrected chi connectivity index (χ3v) is 2.36. The van der Waals surface area contributed by atoms with Gasteiger partial charge in [-0.15, -0.1) is 0 Å². The molecule has 5 heteroatoms. The fourth-order valence-corrected chi connectivity index (χ4v) is 1.39. The van der Waals surface area contributed by atoms with Gasteiger partial charge in [-0.1, -0.05) is 12.1 Å². The van der Waals surface area contributed by atoms with Gasteiger partial charge in [-0.05, 0) is 12.1 Å². The van der Waals surface area contributed by atoms with Gasteiger partial charge in [0.15, 0.2) is 0 Å². The van der Waals surface area contributed by atoms with Crippen LogP contribution in [0.1, 0.15) is 0 Å². The zero-order valence-corrected chi connectivity index (χ0v) is 7.35. The Morgan fingerprint density at radius 1 is 1.25 bits per heavy atom. The maximum atomic E-state index is 12.2. The average molecular weight is 192 g/mol. The van der Waals surface area contributed by atoms with Gasteiger partial charge in [0, 0.05) is 5.19 Å². The van der Waals surface area contributed by atoms with E-state index in [0.717, 1.165) is 12.1 Å². The van der Waals surface area contributed by atoms with Crippen molar-refractivity contribution in [2.24, 2.45) is 0 Å². The average Bonchev–Trinajstić information content (AvgIpc) is 2.03. The van der Waals surface area contributed by atoms with Crippen LogP contribution in [0.25, 0.3) is 0 Å². The van der Waals surface area contributed by atoms with Gasteiger partial charge in [0.2, 0.25) is 0 Å². The lowest BCUT2D eigenvalue weighted by Gasteiger charge is -2.04. The van der Waals surface area contributed by atoms with Gasteiger partial charge in [-0.3, -0.25) is 0 Å². The van der Waals surface area contributed by atoms with Crippen LogP contribution >= 0.6 is 0 Å². The van der Waals surface area contributed by atoms with E-state index in [1.54, 1.807) is 0 Å². The first-order valence-corrected chi connectivity index (χ1v) is 4.88. The van der Waals surface area contributed by atoms with Crippen LogP contribution in [0.5, 0.6) is 5.75 Å². The van der Waals surface area contributed by atoms with Gasteiger partial charge in [0.1, 0.15) is 5.75 Å². The van der Waals surface area contributed by atoms with Crippen LogP contribution in [0.15, 0.2) is 24.3 Å². The van der Waals surface area contributed by atoms with Crippen LogP contribution < -0.4 is 9.92 Å². The summed E-state index contributed by atoms with van der Waals surface area (Å²) >= 11 is 0. The van der Waals surface area contributed by atoms with E-state index in [2.05, 4.69) is 4.74 Å². The fourth-order valence-electron chi connectivity index (χ4n) is 0.799. The van der Waals surface area contributed by atoms with Crippen molar-refractivity contribution in [3.05, 3.63) is 24.3 Å². The lowest BCUT2D eigenvalue weighted by atomic mass is 10.3. The Morgan fingerprint density at radius 3 is 2.42 bits per heavy atom. The lowest BCUT2D eigenvalue weighted by molar-refractivity contribution is 0.414. The van der Waals surface area contributed by atoms with E-state index in [0.29, 0.717) is 0 Å². The Labute approximate surface area is 69.3 Å². The predicted molar refractivity (Wildman–Crippen MR) is 41.7 cm³/mol. The molecule has 66 valence electrons. The number of benzene rings is 1. The third kappa shape index (κ3) is 2.01. The summed E-state index contributed by atoms with van der Waals surface area (Å²) in [7, 11) is -4.32. The van der Waals surface area contributed by atoms with Crippen molar-refractivity contribution < 1.29 is 17.1 Å². The van der Waals surface area contributed by atoms with Crippen molar-refractivity contribution in [3.8, 4) is 5.75 Å². The highest BCUT2D eigenvalue weighted by Crippen LogP contribution is 2.13. The Kier molecular flexibility index (Phi) is 2.42. The molecule has 1 aromatic rings. The van der Waals surface area contributed by atoms with Crippen molar-refractivity contribution in [1.82, 2.24) is 0 Å². The standard InChI is InChI=1S/C7H7F3OSi/c1-11-6-3-2-4-7(5-6)12(8,9)10/h2-5H,1H3. The summed E-state index contributed by atoms with van der Waals surface area (Å²) in [6.07, 6.45) is 0. The molecule has 12 heavy (non-hydrogen) atoms. The number of methoxy groups -OCH3 is 1. The number of hydrogen-bond acceptors (Lipinski definition) is 1. The molecule has 1 nitrogen and oxygen atoms in total. The van der Waals surface area contributed by atoms with Gasteiger partial charge in [0.25, 0.3) is 0 Å². The summed E-state index contributed by atoms with van der Waals surface area (Å²) in [6.45, 7) is 0. The molecule has 0 aliphatic heterocycles. The van der Waals surface area contributed by atoms with Gasteiger partial charge in [0.05, 0.1) is 7.11 Å². The molecule has 0 aliphatic rings. The quantitative estimate of drug-likeness (QED) is 0.512. The van der Waals surface area contributed by atoms with Gasteiger partial charge >= 0.3 is 9.08 Å². The molecule has 0 radical (unpaired) electrons. The van der Waals surface area contributed by atoms with Gasteiger partial charge < -0.3 is 4.74 Å². The molecule has 0 unspecified atom stereocenters. The molecule has 0 aliphatic carbocycles. The zero-order chi connectivity index (χ0) is 9.19. The molecule has 0 N–H and O–H groups in total. The molecular formula is C7H7F3OSi. The first-order chi connectivity index (χ1) is 5.54. The maximum Gasteiger partial charge on any atom is 0.653 e. The van der Waals surface area contributed by atoms with Crippen molar-refractivity contribution in [2.45, 2.75) is 0 Å². The van der Waals surface area contributed by atoms with Crippen molar-refractivity contribution in [2.75, 3.05) is 7.11 Å². The molecule has 0 spiro atoms. The Bertz CT molecular complexity index is 272. The Morgan fingerprint density at radius 2 is 1.92 bits per heavy atom. The lowest BCUT2D eigenvalue weighted by Crippen LogP contribution is -2.33. The Hall–Kier alpha value is -0.973. The third-order valence-electron chi connectivity index (χ3n) is 1.40. The SMILES string of the molecule is COc1cccc([Si](F)(F)F)c1. The van der Waals surface area contributed by atoms with Gasteiger partial charge in [-0.25, -0.2) is 12.3 Å². The molecule has 1 rings (SSSR count). The summed E-state index contributed by atoms with van der Waals surface area (Å²) < 4.78 is 41.2. The number of halogens is 3. The van der Waals surface area contributed by atoms with E-state index < -0.39 is 14.3 Å². The zero-order valence-electron chi connectivity index (χ0n) is 6.35. The minimum absolute atomic E-state index is 0.248. The first kappa shape index (κ1) is 9.12. The highest BCUT2D eigenvalue weighted by molar-refractivity contribution is 6.73. The molecule has 0 bridgehead atoms. The summed E-state index contributed by atoms with van der Waals surface area (Å²) in [5, 5.41) is -0.554. The normalized spacial score (nSPS) is 11.3. The van der Waals surface area contributed by atoms with Crippen molar-refractivity contribution in [3.63, 3.8) is 0 Å². The molecule has 0 aromatic heterocycles. The van der Waals surface area contributed by atoms with Crippen molar-refractivity contribution >= 4 is 14.3 Å². The van der Waals surface area contributed by atoms with Crippen LogP contribution in [0.4, 0.5) is 12.3 Å². The van der Waals surface area contributed by atoms with E-state index in [4.69, 9.17) is 0 Å². The summed E-state index contributed by atoms with van der Waals surface area (Å²) in [5.74, 6) is 0.248. The summed E-state index contributed by atoms with van der Waals surface area (Å²) in [5.41, 5.74) is 0. The van der Waals surface area contributed by atoms with Gasteiger partial charge in [-0.2, -0.15) is 0 Å². The molecule has 0 amide bonds. The van der Waals surface area contributed by atoms with Crippen LogP contribution in [0, 0.1) is 0 Å². The minimum atomic E-state index is -5.66. The second-order valence-corrected chi connectivity index (χ2v) is 3.80. The van der Waals surface area contributed by atoms with E-state index in [9.17, 15) is 12.3 Å². The van der Waals surface area contributed by atoms with Crippen LogP contribution in [0.2, 0.25) is 0 Å².